The Balaban J connectivity index is 2.16. The number of piperidine rings is 1. The first-order chi connectivity index (χ1) is 5.24. The number of amides is 1. The molecule has 3 atom stereocenters. The molecule has 1 saturated heterocycles. The highest BCUT2D eigenvalue weighted by molar-refractivity contribution is 5.75. The van der Waals surface area contributed by atoms with Crippen molar-refractivity contribution in [3.8, 4) is 6.07 Å². The molecule has 11 heavy (non-hydrogen) atoms. The summed E-state index contributed by atoms with van der Waals surface area (Å²) < 4.78 is 0. The van der Waals surface area contributed by atoms with Gasteiger partial charge in [0, 0.05) is 13.0 Å². The highest BCUT2D eigenvalue weighted by Gasteiger charge is 2.53. The van der Waals surface area contributed by atoms with E-state index in [1.807, 2.05) is 0 Å². The Morgan fingerprint density at radius 3 is 2.82 bits per heavy atom. The summed E-state index contributed by atoms with van der Waals surface area (Å²) >= 11 is 0. The van der Waals surface area contributed by atoms with Gasteiger partial charge < -0.3 is 4.90 Å². The average Bonchev–Trinajstić information content (AvgIpc) is 2.61. The molecule has 1 aliphatic heterocycles. The van der Waals surface area contributed by atoms with Gasteiger partial charge in [-0.15, -0.1) is 0 Å². The third kappa shape index (κ3) is 0.823. The number of nitriles is 1. The maximum absolute atomic E-state index is 11.0. The Bertz CT molecular complexity index is 243. The summed E-state index contributed by atoms with van der Waals surface area (Å²) in [4.78, 5) is 12.8. The van der Waals surface area contributed by atoms with Crippen molar-refractivity contribution >= 4 is 5.91 Å². The van der Waals surface area contributed by atoms with Crippen LogP contribution in [0.3, 0.4) is 0 Å². The Morgan fingerprint density at radius 2 is 2.36 bits per heavy atom. The summed E-state index contributed by atoms with van der Waals surface area (Å²) in [7, 11) is 0. The van der Waals surface area contributed by atoms with Gasteiger partial charge in [-0.1, -0.05) is 0 Å². The van der Waals surface area contributed by atoms with Crippen LogP contribution in [0.15, 0.2) is 0 Å². The minimum Gasteiger partial charge on any atom is -0.324 e. The minimum absolute atomic E-state index is 0.0570. The number of nitrogens with zero attached hydrogens (tertiary/aromatic N) is 2. The Hall–Kier alpha value is -1.04. The lowest BCUT2D eigenvalue weighted by Gasteiger charge is -2.20. The fraction of sp³-hybridized carbons (Fsp3) is 0.750. The second-order valence-corrected chi connectivity index (χ2v) is 3.37. The third-order valence-electron chi connectivity index (χ3n) is 2.62. The van der Waals surface area contributed by atoms with E-state index < -0.39 is 0 Å². The van der Waals surface area contributed by atoms with Crippen LogP contribution in [-0.4, -0.2) is 22.9 Å². The van der Waals surface area contributed by atoms with E-state index in [0.29, 0.717) is 12.0 Å². The van der Waals surface area contributed by atoms with Crippen LogP contribution in [0.5, 0.6) is 0 Å². The third-order valence-corrected chi connectivity index (χ3v) is 2.62. The van der Waals surface area contributed by atoms with E-state index in [9.17, 15) is 4.79 Å². The Kier molecular flexibility index (Phi) is 1.19. The number of fused-ring (bicyclic) bond motifs is 1. The SMILES string of the molecule is CC(=O)N1C(C#N)CC2C[C@@H]21. The molecule has 1 amide bonds. The second kappa shape index (κ2) is 1.97. The zero-order chi connectivity index (χ0) is 8.01. The summed E-state index contributed by atoms with van der Waals surface area (Å²) in [6.45, 7) is 1.55. The van der Waals surface area contributed by atoms with E-state index >= 15 is 0 Å². The van der Waals surface area contributed by atoms with Crippen LogP contribution in [-0.2, 0) is 4.79 Å². The molecule has 0 aromatic heterocycles. The molecule has 1 saturated carbocycles. The lowest BCUT2D eigenvalue weighted by atomic mass is 10.2. The second-order valence-electron chi connectivity index (χ2n) is 3.37. The number of carbonyl (C=O) groups is 1. The molecule has 1 aliphatic carbocycles. The quantitative estimate of drug-likeness (QED) is 0.505. The molecule has 0 spiro atoms. The first kappa shape index (κ1) is 6.66. The van der Waals surface area contributed by atoms with Crippen molar-refractivity contribution in [2.75, 3.05) is 0 Å². The van der Waals surface area contributed by atoms with Gasteiger partial charge in [-0.25, -0.2) is 0 Å². The smallest absolute Gasteiger partial charge is 0.220 e. The van der Waals surface area contributed by atoms with Gasteiger partial charge >= 0.3 is 0 Å². The van der Waals surface area contributed by atoms with Crippen LogP contribution in [0, 0.1) is 17.2 Å². The van der Waals surface area contributed by atoms with Gasteiger partial charge in [-0.2, -0.15) is 5.26 Å². The predicted molar refractivity (Wildman–Crippen MR) is 38.4 cm³/mol. The van der Waals surface area contributed by atoms with Gasteiger partial charge in [0.2, 0.25) is 5.91 Å². The zero-order valence-electron chi connectivity index (χ0n) is 6.45. The molecule has 2 fully saturated rings. The van der Waals surface area contributed by atoms with Gasteiger partial charge in [-0.05, 0) is 18.8 Å². The van der Waals surface area contributed by atoms with Crippen LogP contribution in [0.25, 0.3) is 0 Å². The van der Waals surface area contributed by atoms with Crippen LogP contribution < -0.4 is 0 Å². The fourth-order valence-electron chi connectivity index (χ4n) is 2.02. The van der Waals surface area contributed by atoms with Gasteiger partial charge in [0.15, 0.2) is 0 Å². The van der Waals surface area contributed by atoms with E-state index in [1.54, 1.807) is 11.8 Å². The van der Waals surface area contributed by atoms with E-state index in [-0.39, 0.29) is 11.9 Å². The molecular formula is C8H10N2O. The number of carbonyl (C=O) groups excluding carboxylic acids is 1. The van der Waals surface area contributed by atoms with Crippen LogP contribution in [0.2, 0.25) is 0 Å². The molecule has 3 nitrogen and oxygen atoms in total. The summed E-state index contributed by atoms with van der Waals surface area (Å²) in [5, 5.41) is 8.68. The van der Waals surface area contributed by atoms with Crippen LogP contribution in [0.1, 0.15) is 19.8 Å². The lowest BCUT2D eigenvalue weighted by molar-refractivity contribution is -0.129. The normalized spacial score (nSPS) is 39.6. The van der Waals surface area contributed by atoms with Crippen molar-refractivity contribution in [2.24, 2.45) is 5.92 Å². The predicted octanol–water partition coefficient (Wildman–Crippen LogP) is 0.519. The van der Waals surface area contributed by atoms with Crippen LogP contribution >= 0.6 is 0 Å². The van der Waals surface area contributed by atoms with Gasteiger partial charge in [0.05, 0.1) is 6.07 Å². The maximum atomic E-state index is 11.0. The summed E-state index contributed by atoms with van der Waals surface area (Å²) in [5.74, 6) is 0.699. The molecule has 3 heteroatoms. The molecule has 58 valence electrons. The van der Waals surface area contributed by atoms with Gasteiger partial charge in [0.1, 0.15) is 6.04 Å². The maximum Gasteiger partial charge on any atom is 0.220 e. The first-order valence-corrected chi connectivity index (χ1v) is 3.92. The first-order valence-electron chi connectivity index (χ1n) is 3.92. The number of likely N-dealkylation sites (tertiary alicyclic amines) is 1. The number of rotatable bonds is 0. The van der Waals surface area contributed by atoms with Crippen LogP contribution in [0.4, 0.5) is 0 Å². The van der Waals surface area contributed by atoms with Crippen molar-refractivity contribution in [1.29, 1.82) is 5.26 Å². The molecule has 2 aliphatic rings. The number of hydrogen-bond acceptors (Lipinski definition) is 2. The lowest BCUT2D eigenvalue weighted by Crippen LogP contribution is -2.35. The molecule has 1 heterocycles. The average molecular weight is 150 g/mol. The van der Waals surface area contributed by atoms with Gasteiger partial charge in [-0.3, -0.25) is 4.79 Å². The molecule has 2 rings (SSSR count). The van der Waals surface area contributed by atoms with E-state index in [0.717, 1.165) is 12.8 Å². The highest BCUT2D eigenvalue weighted by atomic mass is 16.2. The fourth-order valence-corrected chi connectivity index (χ4v) is 2.02. The molecule has 0 radical (unpaired) electrons. The van der Waals surface area contributed by atoms with Crippen molar-refractivity contribution in [3.63, 3.8) is 0 Å². The Labute approximate surface area is 65.6 Å². The molecule has 2 unspecified atom stereocenters. The molecule has 0 aromatic rings. The largest absolute Gasteiger partial charge is 0.324 e. The molecular weight excluding hydrogens is 140 g/mol. The topological polar surface area (TPSA) is 44.1 Å². The molecule has 0 aromatic carbocycles. The van der Waals surface area contributed by atoms with E-state index in [4.69, 9.17) is 5.26 Å². The minimum atomic E-state index is -0.128. The van der Waals surface area contributed by atoms with Crippen molar-refractivity contribution in [2.45, 2.75) is 31.8 Å². The van der Waals surface area contributed by atoms with E-state index in [1.165, 1.54) is 0 Å². The molecule has 0 bridgehead atoms. The highest BCUT2D eigenvalue weighted by Crippen LogP contribution is 2.47. The summed E-state index contributed by atoms with van der Waals surface area (Å²) in [6.07, 6.45) is 2.03. The Morgan fingerprint density at radius 1 is 1.64 bits per heavy atom. The monoisotopic (exact) mass is 150 g/mol. The van der Waals surface area contributed by atoms with Crippen molar-refractivity contribution < 1.29 is 4.79 Å². The standard InChI is InChI=1S/C8H10N2O/c1-5(11)10-7(4-9)2-6-3-8(6)10/h6-8H,2-3H2,1H3/t6?,7?,8-/m0/s1. The van der Waals surface area contributed by atoms with E-state index in [2.05, 4.69) is 6.07 Å². The summed E-state index contributed by atoms with van der Waals surface area (Å²) in [5.41, 5.74) is 0. The zero-order valence-corrected chi connectivity index (χ0v) is 6.45. The number of hydrogen-bond donors (Lipinski definition) is 0. The molecule has 0 N–H and O–H groups in total. The summed E-state index contributed by atoms with van der Waals surface area (Å²) in [6, 6.07) is 2.45. The van der Waals surface area contributed by atoms with Crippen molar-refractivity contribution in [3.05, 3.63) is 0 Å². The van der Waals surface area contributed by atoms with Crippen molar-refractivity contribution in [1.82, 2.24) is 4.90 Å². The van der Waals surface area contributed by atoms with Gasteiger partial charge in [0.25, 0.3) is 0 Å².